The fourth-order valence-corrected chi connectivity index (χ4v) is 3.49. The van der Waals surface area contributed by atoms with Crippen LogP contribution in [0.15, 0.2) is 6.07 Å². The number of methoxy groups -OCH3 is 1. The number of nitro benzene ring substituents is 1. The summed E-state index contributed by atoms with van der Waals surface area (Å²) in [5, 5.41) is 11.2. The van der Waals surface area contributed by atoms with Crippen molar-refractivity contribution in [3.8, 4) is 5.75 Å². The average molecular weight is 403 g/mol. The molecule has 0 saturated carbocycles. The van der Waals surface area contributed by atoms with Gasteiger partial charge >= 0.3 is 11.8 Å². The minimum absolute atomic E-state index is 0.0135. The molecule has 1 atom stereocenters. The number of carbonyl (C=O) groups is 1. The summed E-state index contributed by atoms with van der Waals surface area (Å²) in [6.07, 6.45) is 1.34. The van der Waals surface area contributed by atoms with Gasteiger partial charge < -0.3 is 14.4 Å². The van der Waals surface area contributed by atoms with E-state index in [0.717, 1.165) is 12.8 Å². The number of likely N-dealkylation sites (tertiary alicyclic amines) is 1. The number of hydrogen-bond acceptors (Lipinski definition) is 5. The van der Waals surface area contributed by atoms with Gasteiger partial charge in [0.05, 0.1) is 17.1 Å². The molecule has 150 valence electrons. The molecule has 1 aromatic carbocycles. The predicted molar refractivity (Wildman–Crippen MR) is 98.9 cm³/mol. The molecular formula is C18H24ClFN2O5. The fraction of sp³-hybridized carbons (Fsp3) is 0.611. The maximum Gasteiger partial charge on any atom is 0.410 e. The maximum atomic E-state index is 14.7. The summed E-state index contributed by atoms with van der Waals surface area (Å²) >= 11 is 6.04. The number of carbonyl (C=O) groups excluding carboxylic acids is 1. The molecule has 1 amide bonds. The molecule has 0 radical (unpaired) electrons. The van der Waals surface area contributed by atoms with Crippen LogP contribution in [0.4, 0.5) is 14.9 Å². The summed E-state index contributed by atoms with van der Waals surface area (Å²) in [7, 11) is 1.20. The van der Waals surface area contributed by atoms with E-state index in [1.165, 1.54) is 13.2 Å². The number of ether oxygens (including phenoxy) is 2. The molecule has 1 aliphatic rings. The predicted octanol–water partition coefficient (Wildman–Crippen LogP) is 4.59. The highest BCUT2D eigenvalue weighted by Crippen LogP contribution is 2.39. The van der Waals surface area contributed by atoms with Gasteiger partial charge in [-0.1, -0.05) is 11.6 Å². The minimum atomic E-state index is -0.948. The zero-order chi connectivity index (χ0) is 20.4. The average Bonchev–Trinajstić information content (AvgIpc) is 2.56. The van der Waals surface area contributed by atoms with Gasteiger partial charge in [0.25, 0.3) is 0 Å². The normalized spacial score (nSPS) is 17.6. The van der Waals surface area contributed by atoms with Gasteiger partial charge in [-0.3, -0.25) is 10.1 Å². The van der Waals surface area contributed by atoms with E-state index in [1.54, 1.807) is 25.7 Å². The third kappa shape index (κ3) is 5.22. The van der Waals surface area contributed by atoms with Gasteiger partial charge in [0.1, 0.15) is 5.60 Å². The molecule has 0 aromatic heterocycles. The summed E-state index contributed by atoms with van der Waals surface area (Å²) in [5.74, 6) is -1.29. The van der Waals surface area contributed by atoms with Crippen molar-refractivity contribution < 1.29 is 23.6 Å². The van der Waals surface area contributed by atoms with Crippen LogP contribution in [-0.2, 0) is 11.2 Å². The molecule has 1 heterocycles. The first-order valence-electron chi connectivity index (χ1n) is 8.70. The highest BCUT2D eigenvalue weighted by atomic mass is 35.5. The summed E-state index contributed by atoms with van der Waals surface area (Å²) in [5.41, 5.74) is -1.22. The molecule has 1 aromatic rings. The van der Waals surface area contributed by atoms with Crippen molar-refractivity contribution in [2.75, 3.05) is 20.2 Å². The van der Waals surface area contributed by atoms with E-state index in [4.69, 9.17) is 21.1 Å². The number of rotatable bonds is 4. The van der Waals surface area contributed by atoms with Crippen LogP contribution in [0.2, 0.25) is 5.02 Å². The summed E-state index contributed by atoms with van der Waals surface area (Å²) in [4.78, 5) is 24.3. The molecule has 1 aliphatic heterocycles. The highest BCUT2D eigenvalue weighted by molar-refractivity contribution is 6.32. The minimum Gasteiger partial charge on any atom is -0.489 e. The number of nitrogens with zero attached hydrogens (tertiary/aromatic N) is 2. The van der Waals surface area contributed by atoms with Gasteiger partial charge in [0.15, 0.2) is 0 Å². The molecule has 1 fully saturated rings. The lowest BCUT2D eigenvalue weighted by Gasteiger charge is -2.34. The molecule has 0 spiro atoms. The number of hydrogen-bond donors (Lipinski definition) is 0. The number of amides is 1. The van der Waals surface area contributed by atoms with Crippen molar-refractivity contribution in [3.05, 3.63) is 32.6 Å². The second-order valence-corrected chi connectivity index (χ2v) is 8.02. The van der Waals surface area contributed by atoms with E-state index in [-0.39, 0.29) is 28.7 Å². The number of piperidine rings is 1. The van der Waals surface area contributed by atoms with Crippen molar-refractivity contribution in [3.63, 3.8) is 0 Å². The lowest BCUT2D eigenvalue weighted by molar-refractivity contribution is -0.388. The summed E-state index contributed by atoms with van der Waals surface area (Å²) in [6, 6.07) is 1.36. The van der Waals surface area contributed by atoms with Gasteiger partial charge in [-0.05, 0) is 57.6 Å². The Kier molecular flexibility index (Phi) is 6.51. The summed E-state index contributed by atoms with van der Waals surface area (Å²) in [6.45, 7) is 6.34. The molecule has 27 heavy (non-hydrogen) atoms. The van der Waals surface area contributed by atoms with E-state index in [0.29, 0.717) is 13.1 Å². The first-order valence-corrected chi connectivity index (χ1v) is 9.08. The summed E-state index contributed by atoms with van der Waals surface area (Å²) < 4.78 is 25.0. The lowest BCUT2D eigenvalue weighted by atomic mass is 9.91. The molecule has 1 unspecified atom stereocenters. The monoisotopic (exact) mass is 402 g/mol. The Bertz CT molecular complexity index is 735. The van der Waals surface area contributed by atoms with Crippen LogP contribution in [0.5, 0.6) is 5.75 Å². The lowest BCUT2D eigenvalue weighted by Crippen LogP contribution is -2.43. The Labute approximate surface area is 162 Å². The molecule has 9 heteroatoms. The molecule has 7 nitrogen and oxygen atoms in total. The Morgan fingerprint density at radius 2 is 2.15 bits per heavy atom. The largest absolute Gasteiger partial charge is 0.489 e. The van der Waals surface area contributed by atoms with E-state index >= 15 is 0 Å². The number of nitro groups is 1. The van der Waals surface area contributed by atoms with Crippen molar-refractivity contribution in [1.82, 2.24) is 4.90 Å². The third-order valence-corrected chi connectivity index (χ3v) is 4.57. The van der Waals surface area contributed by atoms with Crippen molar-refractivity contribution in [2.24, 2.45) is 5.92 Å². The van der Waals surface area contributed by atoms with Crippen LogP contribution in [-0.4, -0.2) is 41.7 Å². The van der Waals surface area contributed by atoms with Crippen molar-refractivity contribution >= 4 is 23.4 Å². The standard InChI is InChI=1S/C18H24ClFN2O5/c1-18(2,3)27-17(23)21-7-5-6-11(10-21)8-12-9-13(19)16(26-4)15(14(12)20)22(24)25/h9,11H,5-8,10H2,1-4H3. The Morgan fingerprint density at radius 3 is 2.70 bits per heavy atom. The van der Waals surface area contributed by atoms with Gasteiger partial charge in [-0.2, -0.15) is 4.39 Å². The maximum absolute atomic E-state index is 14.7. The molecule has 2 rings (SSSR count). The topological polar surface area (TPSA) is 81.9 Å². The molecule has 0 N–H and O–H groups in total. The zero-order valence-electron chi connectivity index (χ0n) is 15.9. The fourth-order valence-electron chi connectivity index (χ4n) is 3.19. The first kappa shape index (κ1) is 21.2. The van der Waals surface area contributed by atoms with E-state index in [9.17, 15) is 19.3 Å². The van der Waals surface area contributed by atoms with Gasteiger partial charge in [0, 0.05) is 13.1 Å². The first-order chi connectivity index (χ1) is 12.5. The zero-order valence-corrected chi connectivity index (χ0v) is 16.6. The van der Waals surface area contributed by atoms with Gasteiger partial charge in [-0.25, -0.2) is 4.79 Å². The molecule has 1 saturated heterocycles. The van der Waals surface area contributed by atoms with Crippen LogP contribution < -0.4 is 4.74 Å². The molecule has 0 aliphatic carbocycles. The van der Waals surface area contributed by atoms with Crippen LogP contribution in [0, 0.1) is 21.8 Å². The van der Waals surface area contributed by atoms with E-state index < -0.39 is 28.1 Å². The second kappa shape index (κ2) is 8.29. The number of halogens is 2. The van der Waals surface area contributed by atoms with Crippen LogP contribution in [0.25, 0.3) is 0 Å². The molecular weight excluding hydrogens is 379 g/mol. The SMILES string of the molecule is COc1c(Cl)cc(CC2CCCN(C(=O)OC(C)(C)C)C2)c(F)c1[N+](=O)[O-]. The van der Waals surface area contributed by atoms with Crippen LogP contribution in [0.3, 0.4) is 0 Å². The second-order valence-electron chi connectivity index (χ2n) is 7.61. The van der Waals surface area contributed by atoms with E-state index in [1.807, 2.05) is 0 Å². The quantitative estimate of drug-likeness (QED) is 0.543. The number of benzene rings is 1. The molecule has 0 bridgehead atoms. The Morgan fingerprint density at radius 1 is 1.48 bits per heavy atom. The van der Waals surface area contributed by atoms with Crippen molar-refractivity contribution in [1.29, 1.82) is 0 Å². The highest BCUT2D eigenvalue weighted by Gasteiger charge is 2.31. The van der Waals surface area contributed by atoms with Gasteiger partial charge in [-0.15, -0.1) is 0 Å². The third-order valence-electron chi connectivity index (χ3n) is 4.29. The van der Waals surface area contributed by atoms with Crippen molar-refractivity contribution in [2.45, 2.75) is 45.6 Å². The smallest absolute Gasteiger partial charge is 0.410 e. The van der Waals surface area contributed by atoms with E-state index in [2.05, 4.69) is 0 Å². The van der Waals surface area contributed by atoms with Crippen LogP contribution >= 0.6 is 11.6 Å². The Balaban J connectivity index is 2.19. The van der Waals surface area contributed by atoms with Gasteiger partial charge in [0.2, 0.25) is 11.6 Å². The Hall–Kier alpha value is -2.09. The van der Waals surface area contributed by atoms with Crippen LogP contribution in [0.1, 0.15) is 39.2 Å².